The fourth-order valence-corrected chi connectivity index (χ4v) is 2.68. The van der Waals surface area contributed by atoms with E-state index < -0.39 is 0 Å². The number of amides is 1. The van der Waals surface area contributed by atoms with Gasteiger partial charge in [0.05, 0.1) is 6.54 Å². The zero-order valence-electron chi connectivity index (χ0n) is 14.1. The van der Waals surface area contributed by atoms with Crippen LogP contribution in [0.25, 0.3) is 0 Å². The highest BCUT2D eigenvalue weighted by Crippen LogP contribution is 2.30. The van der Waals surface area contributed by atoms with Gasteiger partial charge in [-0.1, -0.05) is 19.1 Å². The Morgan fingerprint density at radius 1 is 1.20 bits per heavy atom. The van der Waals surface area contributed by atoms with Crippen molar-refractivity contribution in [1.29, 1.82) is 0 Å². The number of nitrogens with zero attached hydrogens (tertiary/aromatic N) is 1. The quantitative estimate of drug-likeness (QED) is 0.875. The van der Waals surface area contributed by atoms with Crippen LogP contribution in [0, 0.1) is 5.82 Å². The Bertz CT molecular complexity index is 721. The van der Waals surface area contributed by atoms with Gasteiger partial charge in [-0.2, -0.15) is 0 Å². The molecular formula is C19H21FN2O3. The van der Waals surface area contributed by atoms with Gasteiger partial charge in [-0.25, -0.2) is 4.39 Å². The van der Waals surface area contributed by atoms with Crippen LogP contribution < -0.4 is 14.8 Å². The lowest BCUT2D eigenvalue weighted by Crippen LogP contribution is -2.43. The van der Waals surface area contributed by atoms with E-state index in [9.17, 15) is 9.18 Å². The fourth-order valence-electron chi connectivity index (χ4n) is 2.68. The van der Waals surface area contributed by atoms with Crippen LogP contribution >= 0.6 is 0 Å². The Morgan fingerprint density at radius 3 is 2.64 bits per heavy atom. The molecule has 0 saturated heterocycles. The van der Waals surface area contributed by atoms with Gasteiger partial charge in [0.1, 0.15) is 18.5 Å². The van der Waals surface area contributed by atoms with Crippen molar-refractivity contribution in [3.05, 3.63) is 54.3 Å². The molecule has 0 bridgehead atoms. The lowest BCUT2D eigenvalue weighted by molar-refractivity contribution is -0.117. The highest BCUT2D eigenvalue weighted by molar-refractivity contribution is 5.92. The maximum atomic E-state index is 12.9. The van der Waals surface area contributed by atoms with Gasteiger partial charge >= 0.3 is 0 Å². The number of hydrogen-bond acceptors (Lipinski definition) is 4. The van der Waals surface area contributed by atoms with E-state index in [1.165, 1.54) is 12.1 Å². The largest absolute Gasteiger partial charge is 0.486 e. The zero-order valence-corrected chi connectivity index (χ0v) is 14.1. The number of para-hydroxylation sites is 2. The molecule has 3 rings (SSSR count). The molecule has 1 aliphatic rings. The number of ether oxygens (including phenoxy) is 2. The molecule has 0 saturated carbocycles. The molecule has 0 aromatic heterocycles. The Balaban J connectivity index is 1.52. The van der Waals surface area contributed by atoms with Crippen molar-refractivity contribution in [3.63, 3.8) is 0 Å². The number of benzene rings is 2. The first-order valence-corrected chi connectivity index (χ1v) is 8.30. The van der Waals surface area contributed by atoms with Crippen molar-refractivity contribution in [3.8, 4) is 11.5 Å². The predicted octanol–water partition coefficient (Wildman–Crippen LogP) is 2.93. The minimum absolute atomic E-state index is 0.131. The van der Waals surface area contributed by atoms with Crippen molar-refractivity contribution in [1.82, 2.24) is 4.90 Å². The molecule has 132 valence electrons. The van der Waals surface area contributed by atoms with Gasteiger partial charge in [-0.05, 0) is 42.9 Å². The van der Waals surface area contributed by atoms with Gasteiger partial charge in [0.25, 0.3) is 0 Å². The van der Waals surface area contributed by atoms with Crippen molar-refractivity contribution in [2.24, 2.45) is 0 Å². The van der Waals surface area contributed by atoms with Crippen molar-refractivity contribution in [2.45, 2.75) is 13.0 Å². The Hall–Kier alpha value is -2.60. The Labute approximate surface area is 146 Å². The van der Waals surface area contributed by atoms with Gasteiger partial charge < -0.3 is 14.8 Å². The summed E-state index contributed by atoms with van der Waals surface area (Å²) in [7, 11) is 0. The van der Waals surface area contributed by atoms with E-state index in [4.69, 9.17) is 9.47 Å². The second-order valence-electron chi connectivity index (χ2n) is 5.88. The highest BCUT2D eigenvalue weighted by atomic mass is 19.1. The lowest BCUT2D eigenvalue weighted by Gasteiger charge is -2.30. The first-order chi connectivity index (χ1) is 12.1. The van der Waals surface area contributed by atoms with E-state index in [1.807, 2.05) is 36.1 Å². The molecule has 1 N–H and O–H groups in total. The first-order valence-electron chi connectivity index (χ1n) is 8.30. The van der Waals surface area contributed by atoms with Gasteiger partial charge in [0.15, 0.2) is 11.5 Å². The Kier molecular flexibility index (Phi) is 5.50. The summed E-state index contributed by atoms with van der Waals surface area (Å²) in [5.41, 5.74) is 0.577. The number of likely N-dealkylation sites (N-methyl/N-ethyl adjacent to an activating group) is 1. The number of carbonyl (C=O) groups is 1. The number of anilines is 1. The first kappa shape index (κ1) is 17.2. The summed E-state index contributed by atoms with van der Waals surface area (Å²) in [6.45, 7) is 3.96. The summed E-state index contributed by atoms with van der Waals surface area (Å²) in [5, 5.41) is 2.77. The van der Waals surface area contributed by atoms with E-state index in [1.54, 1.807) is 12.1 Å². The minimum atomic E-state index is -0.331. The molecule has 1 heterocycles. The van der Waals surface area contributed by atoms with Crippen molar-refractivity contribution in [2.75, 3.05) is 31.6 Å². The third-order valence-corrected chi connectivity index (χ3v) is 3.97. The summed E-state index contributed by atoms with van der Waals surface area (Å²) in [6.07, 6.45) is -0.131. The molecule has 2 aromatic carbocycles. The molecule has 25 heavy (non-hydrogen) atoms. The summed E-state index contributed by atoms with van der Waals surface area (Å²) < 4.78 is 24.6. The smallest absolute Gasteiger partial charge is 0.238 e. The van der Waals surface area contributed by atoms with E-state index in [-0.39, 0.29) is 24.4 Å². The molecule has 0 spiro atoms. The third kappa shape index (κ3) is 4.70. The zero-order chi connectivity index (χ0) is 17.6. The van der Waals surface area contributed by atoms with Gasteiger partial charge in [0, 0.05) is 12.2 Å². The number of rotatable bonds is 6. The molecule has 0 radical (unpaired) electrons. The van der Waals surface area contributed by atoms with Crippen LogP contribution in [0.2, 0.25) is 0 Å². The third-order valence-electron chi connectivity index (χ3n) is 3.97. The maximum absolute atomic E-state index is 12.9. The molecule has 1 unspecified atom stereocenters. The molecule has 5 nitrogen and oxygen atoms in total. The summed E-state index contributed by atoms with van der Waals surface area (Å²) in [4.78, 5) is 14.2. The summed E-state index contributed by atoms with van der Waals surface area (Å²) >= 11 is 0. The molecular weight excluding hydrogens is 323 g/mol. The van der Waals surface area contributed by atoms with Crippen molar-refractivity contribution < 1.29 is 18.7 Å². The minimum Gasteiger partial charge on any atom is -0.486 e. The second kappa shape index (κ2) is 7.98. The molecule has 1 atom stereocenters. The van der Waals surface area contributed by atoms with Crippen LogP contribution in [0.5, 0.6) is 11.5 Å². The predicted molar refractivity (Wildman–Crippen MR) is 93.5 cm³/mol. The van der Waals surface area contributed by atoms with Crippen molar-refractivity contribution >= 4 is 11.6 Å². The molecule has 0 fully saturated rings. The second-order valence-corrected chi connectivity index (χ2v) is 5.88. The standard InChI is InChI=1S/C19H21FN2O3/c1-2-22(12-19(23)21-15-9-7-14(20)8-10-15)11-16-13-24-17-5-3-4-6-18(17)25-16/h3-10,16H,2,11-13H2,1H3,(H,21,23). The number of fused-ring (bicyclic) bond motifs is 1. The number of halogens is 1. The highest BCUT2D eigenvalue weighted by Gasteiger charge is 2.23. The van der Waals surface area contributed by atoms with Crippen LogP contribution in [0.1, 0.15) is 6.92 Å². The summed E-state index contributed by atoms with van der Waals surface area (Å²) in [6, 6.07) is 13.3. The van der Waals surface area contributed by atoms with E-state index in [2.05, 4.69) is 5.32 Å². The molecule has 2 aromatic rings. The number of hydrogen-bond donors (Lipinski definition) is 1. The van der Waals surface area contributed by atoms with Crippen LogP contribution in [0.4, 0.5) is 10.1 Å². The monoisotopic (exact) mass is 344 g/mol. The number of nitrogens with one attached hydrogen (secondary N) is 1. The average molecular weight is 344 g/mol. The van der Waals surface area contributed by atoms with Gasteiger partial charge in [-0.15, -0.1) is 0 Å². The van der Waals surface area contributed by atoms with Crippen LogP contribution in [0.15, 0.2) is 48.5 Å². The molecule has 1 aliphatic heterocycles. The number of carbonyl (C=O) groups excluding carboxylic acids is 1. The summed E-state index contributed by atoms with van der Waals surface area (Å²) in [5.74, 6) is 0.995. The average Bonchev–Trinajstić information content (AvgIpc) is 2.63. The molecule has 6 heteroatoms. The SMILES string of the molecule is CCN(CC(=O)Nc1ccc(F)cc1)CC1COc2ccccc2O1. The van der Waals surface area contributed by atoms with Gasteiger partial charge in [-0.3, -0.25) is 9.69 Å². The fraction of sp³-hybridized carbons (Fsp3) is 0.316. The van der Waals surface area contributed by atoms with Gasteiger partial charge in [0.2, 0.25) is 5.91 Å². The Morgan fingerprint density at radius 2 is 1.92 bits per heavy atom. The molecule has 0 aliphatic carbocycles. The van der Waals surface area contributed by atoms with Crippen LogP contribution in [0.3, 0.4) is 0 Å². The normalized spacial score (nSPS) is 15.9. The maximum Gasteiger partial charge on any atom is 0.238 e. The van der Waals surface area contributed by atoms with E-state index in [0.29, 0.717) is 25.4 Å². The topological polar surface area (TPSA) is 50.8 Å². The van der Waals surface area contributed by atoms with Crippen LogP contribution in [-0.4, -0.2) is 43.2 Å². The van der Waals surface area contributed by atoms with E-state index >= 15 is 0 Å². The van der Waals surface area contributed by atoms with E-state index in [0.717, 1.165) is 11.5 Å². The molecule has 1 amide bonds. The lowest BCUT2D eigenvalue weighted by atomic mass is 10.2. The van der Waals surface area contributed by atoms with Crippen LogP contribution in [-0.2, 0) is 4.79 Å².